The maximum Gasteiger partial charge on any atom is 0.101 e. The second-order valence-electron chi connectivity index (χ2n) is 1.75. The third kappa shape index (κ3) is 1.11. The van der Waals surface area contributed by atoms with Crippen molar-refractivity contribution in [3.8, 4) is 0 Å². The highest BCUT2D eigenvalue weighted by Gasteiger charge is 2.01. The van der Waals surface area contributed by atoms with Crippen LogP contribution in [0.4, 0.5) is 0 Å². The quantitative estimate of drug-likeness (QED) is 0.376. The van der Waals surface area contributed by atoms with E-state index in [1.165, 1.54) is 17.1 Å². The summed E-state index contributed by atoms with van der Waals surface area (Å²) in [6, 6.07) is 0. The Hall–Kier alpha value is -1.03. The van der Waals surface area contributed by atoms with Gasteiger partial charge in [0, 0.05) is 7.05 Å². The second-order valence-corrected chi connectivity index (χ2v) is 2.15. The van der Waals surface area contributed by atoms with E-state index in [9.17, 15) is 0 Å². The highest BCUT2D eigenvalue weighted by Crippen LogP contribution is 2.10. The third-order valence-corrected chi connectivity index (χ3v) is 1.41. The number of aromatic nitrogens is 2. The first-order valence-electron chi connectivity index (χ1n) is 2.60. The lowest BCUT2D eigenvalue weighted by atomic mass is 10.5. The van der Waals surface area contributed by atoms with E-state index >= 15 is 0 Å². The van der Waals surface area contributed by atoms with Crippen LogP contribution >= 0.6 is 11.6 Å². The van der Waals surface area contributed by atoms with Gasteiger partial charge in [0.2, 0.25) is 0 Å². The van der Waals surface area contributed by atoms with Gasteiger partial charge in [0.15, 0.2) is 0 Å². The first-order chi connectivity index (χ1) is 4.75. The molecule has 1 N–H and O–H groups in total. The van der Waals surface area contributed by atoms with Gasteiger partial charge in [-0.3, -0.25) is 4.68 Å². The minimum absolute atomic E-state index is 0.473. The molecule has 0 aromatic carbocycles. The molecule has 0 bridgehead atoms. The molecule has 5 heteroatoms. The van der Waals surface area contributed by atoms with Crippen LogP contribution in [0.3, 0.4) is 0 Å². The fraction of sp³-hybridized carbons (Fsp3) is 0.200. The summed E-state index contributed by atoms with van der Waals surface area (Å²) in [6.45, 7) is 0. The summed E-state index contributed by atoms with van der Waals surface area (Å²) in [7, 11) is 1.71. The Morgan fingerprint density at radius 1 is 1.90 bits per heavy atom. The molecule has 0 atom stereocenters. The minimum Gasteiger partial charge on any atom is -0.411 e. The lowest BCUT2D eigenvalue weighted by Crippen LogP contribution is -1.96. The number of nitrogens with zero attached hydrogens (tertiary/aromatic N) is 3. The van der Waals surface area contributed by atoms with Gasteiger partial charge in [0.05, 0.1) is 17.4 Å². The van der Waals surface area contributed by atoms with E-state index in [-0.39, 0.29) is 0 Å². The molecule has 1 aromatic rings. The lowest BCUT2D eigenvalue weighted by molar-refractivity contribution is 0.321. The molecular weight excluding hydrogens is 154 g/mol. The Labute approximate surface area is 62.7 Å². The fourth-order valence-electron chi connectivity index (χ4n) is 0.620. The van der Waals surface area contributed by atoms with Crippen LogP contribution < -0.4 is 0 Å². The highest BCUT2D eigenvalue weighted by atomic mass is 35.5. The zero-order valence-electron chi connectivity index (χ0n) is 5.32. The molecule has 0 aliphatic carbocycles. The van der Waals surface area contributed by atoms with Gasteiger partial charge in [-0.2, -0.15) is 5.10 Å². The SMILES string of the molecule is Cn1ncc(Cl)c1/C=N/O. The van der Waals surface area contributed by atoms with Gasteiger partial charge in [-0.1, -0.05) is 16.8 Å². The predicted octanol–water partition coefficient (Wildman–Crippen LogP) is 0.882. The molecule has 54 valence electrons. The molecule has 0 fully saturated rings. The van der Waals surface area contributed by atoms with Crippen LogP contribution in [0.25, 0.3) is 0 Å². The van der Waals surface area contributed by atoms with Gasteiger partial charge in [0.1, 0.15) is 5.69 Å². The summed E-state index contributed by atoms with van der Waals surface area (Å²) in [5.41, 5.74) is 0.587. The second kappa shape index (κ2) is 2.70. The number of rotatable bonds is 1. The fourth-order valence-corrected chi connectivity index (χ4v) is 0.835. The van der Waals surface area contributed by atoms with Gasteiger partial charge < -0.3 is 5.21 Å². The molecule has 4 nitrogen and oxygen atoms in total. The number of aryl methyl sites for hydroxylation is 1. The maximum atomic E-state index is 8.16. The Morgan fingerprint density at radius 3 is 3.00 bits per heavy atom. The number of hydrogen-bond acceptors (Lipinski definition) is 3. The molecule has 0 amide bonds. The van der Waals surface area contributed by atoms with E-state index in [2.05, 4.69) is 10.3 Å². The van der Waals surface area contributed by atoms with Crippen LogP contribution in [0.15, 0.2) is 11.4 Å². The summed E-state index contributed by atoms with van der Waals surface area (Å²) >= 11 is 5.64. The van der Waals surface area contributed by atoms with Gasteiger partial charge in [-0.15, -0.1) is 0 Å². The molecule has 1 rings (SSSR count). The third-order valence-electron chi connectivity index (χ3n) is 1.12. The van der Waals surface area contributed by atoms with E-state index in [1.807, 2.05) is 0 Å². The summed E-state index contributed by atoms with van der Waals surface area (Å²) in [5, 5.41) is 15.3. The van der Waals surface area contributed by atoms with Crippen molar-refractivity contribution in [2.75, 3.05) is 0 Å². The summed E-state index contributed by atoms with van der Waals surface area (Å²) in [4.78, 5) is 0. The molecule has 0 aliphatic heterocycles. The average Bonchev–Trinajstić information content (AvgIpc) is 2.20. The summed E-state index contributed by atoms with van der Waals surface area (Å²) in [5.74, 6) is 0. The lowest BCUT2D eigenvalue weighted by Gasteiger charge is -1.90. The molecule has 1 aromatic heterocycles. The first kappa shape index (κ1) is 7.08. The molecule has 0 unspecified atom stereocenters. The Balaban J connectivity index is 3.10. The van der Waals surface area contributed by atoms with Crippen LogP contribution in [0.2, 0.25) is 5.02 Å². The minimum atomic E-state index is 0.473. The standard InChI is InChI=1S/C5H6ClN3O/c1-9-5(3-8-10)4(6)2-7-9/h2-3,10H,1H3/b8-3+. The normalized spacial score (nSPS) is 11.0. The van der Waals surface area contributed by atoms with E-state index in [0.29, 0.717) is 10.7 Å². The summed E-state index contributed by atoms with van der Waals surface area (Å²) in [6.07, 6.45) is 2.72. The van der Waals surface area contributed by atoms with Gasteiger partial charge >= 0.3 is 0 Å². The van der Waals surface area contributed by atoms with Crippen LogP contribution in [-0.4, -0.2) is 21.2 Å². The van der Waals surface area contributed by atoms with Crippen molar-refractivity contribution in [2.45, 2.75) is 0 Å². The predicted molar refractivity (Wildman–Crippen MR) is 37.6 cm³/mol. The van der Waals surface area contributed by atoms with Crippen molar-refractivity contribution in [2.24, 2.45) is 12.2 Å². The zero-order valence-corrected chi connectivity index (χ0v) is 6.08. The molecule has 10 heavy (non-hydrogen) atoms. The number of halogens is 1. The van der Waals surface area contributed by atoms with Crippen LogP contribution in [0, 0.1) is 0 Å². The van der Waals surface area contributed by atoms with E-state index < -0.39 is 0 Å². The molecule has 0 saturated heterocycles. The Kier molecular flexibility index (Phi) is 1.91. The number of hydrogen-bond donors (Lipinski definition) is 1. The molecular formula is C5H6ClN3O. The Bertz CT molecular complexity index is 236. The topological polar surface area (TPSA) is 50.4 Å². The largest absolute Gasteiger partial charge is 0.411 e. The maximum absolute atomic E-state index is 8.16. The van der Waals surface area contributed by atoms with Crippen molar-refractivity contribution < 1.29 is 5.21 Å². The van der Waals surface area contributed by atoms with E-state index in [0.717, 1.165) is 0 Å². The summed E-state index contributed by atoms with van der Waals surface area (Å²) < 4.78 is 1.52. The van der Waals surface area contributed by atoms with Gasteiger partial charge in [-0.25, -0.2) is 0 Å². The van der Waals surface area contributed by atoms with Crippen molar-refractivity contribution in [1.82, 2.24) is 9.78 Å². The van der Waals surface area contributed by atoms with E-state index in [4.69, 9.17) is 16.8 Å². The monoisotopic (exact) mass is 159 g/mol. The zero-order chi connectivity index (χ0) is 7.56. The average molecular weight is 160 g/mol. The highest BCUT2D eigenvalue weighted by molar-refractivity contribution is 6.32. The van der Waals surface area contributed by atoms with Crippen molar-refractivity contribution in [3.05, 3.63) is 16.9 Å². The smallest absolute Gasteiger partial charge is 0.101 e. The van der Waals surface area contributed by atoms with Gasteiger partial charge in [0.25, 0.3) is 0 Å². The van der Waals surface area contributed by atoms with Crippen molar-refractivity contribution >= 4 is 17.8 Å². The van der Waals surface area contributed by atoms with Crippen LogP contribution in [0.1, 0.15) is 5.69 Å². The molecule has 0 radical (unpaired) electrons. The Morgan fingerprint density at radius 2 is 2.60 bits per heavy atom. The van der Waals surface area contributed by atoms with E-state index in [1.54, 1.807) is 7.05 Å². The first-order valence-corrected chi connectivity index (χ1v) is 2.98. The van der Waals surface area contributed by atoms with Crippen molar-refractivity contribution in [3.63, 3.8) is 0 Å². The van der Waals surface area contributed by atoms with Gasteiger partial charge in [-0.05, 0) is 0 Å². The van der Waals surface area contributed by atoms with Crippen LogP contribution in [-0.2, 0) is 7.05 Å². The molecule has 0 saturated carbocycles. The van der Waals surface area contributed by atoms with Crippen molar-refractivity contribution in [1.29, 1.82) is 0 Å². The molecule has 1 heterocycles. The van der Waals surface area contributed by atoms with Crippen LogP contribution in [0.5, 0.6) is 0 Å². The molecule has 0 spiro atoms. The molecule has 0 aliphatic rings. The number of oxime groups is 1.